The van der Waals surface area contributed by atoms with E-state index >= 15 is 0 Å². The van der Waals surface area contributed by atoms with Crippen molar-refractivity contribution in [3.63, 3.8) is 0 Å². The van der Waals surface area contributed by atoms with Crippen LogP contribution < -0.4 is 5.43 Å². The average molecular weight is 365 g/mol. The quantitative estimate of drug-likeness (QED) is 0.454. The number of anilines is 1. The summed E-state index contributed by atoms with van der Waals surface area (Å²) < 4.78 is 1.95. The van der Waals surface area contributed by atoms with Crippen LogP contribution in [0.1, 0.15) is 5.69 Å². The van der Waals surface area contributed by atoms with E-state index in [1.165, 1.54) is 0 Å². The minimum atomic E-state index is 0.584. The molecule has 0 bridgehead atoms. The summed E-state index contributed by atoms with van der Waals surface area (Å²) in [6.45, 7) is 0. The van der Waals surface area contributed by atoms with Gasteiger partial charge in [-0.3, -0.25) is 5.43 Å². The maximum Gasteiger partial charge on any atom is 0.0712 e. The first kappa shape index (κ1) is 15.9. The number of benzene rings is 2. The highest BCUT2D eigenvalue weighted by atomic mass is 35.5. The number of hydrogen-bond donors (Lipinski definition) is 1. The van der Waals surface area contributed by atoms with E-state index in [0.29, 0.717) is 15.1 Å². The Hall–Kier alpha value is -1.94. The number of aromatic nitrogens is 1. The van der Waals surface area contributed by atoms with Crippen molar-refractivity contribution < 1.29 is 0 Å². The van der Waals surface area contributed by atoms with E-state index in [2.05, 4.69) is 10.5 Å². The van der Waals surface area contributed by atoms with Gasteiger partial charge in [0.25, 0.3) is 0 Å². The maximum atomic E-state index is 6.06. The van der Waals surface area contributed by atoms with Crippen LogP contribution in [-0.4, -0.2) is 10.8 Å². The summed E-state index contributed by atoms with van der Waals surface area (Å²) in [5, 5.41) is 6.06. The Labute approximate surface area is 149 Å². The van der Waals surface area contributed by atoms with Crippen molar-refractivity contribution in [3.8, 4) is 5.69 Å². The SMILES string of the molecule is Clc1cccc(N/N=C/c2cccn2-c2cc(Cl)cc(Cl)c2)c1. The minimum Gasteiger partial charge on any atom is -0.315 e. The van der Waals surface area contributed by atoms with Crippen molar-refractivity contribution in [2.75, 3.05) is 5.43 Å². The van der Waals surface area contributed by atoms with Gasteiger partial charge >= 0.3 is 0 Å². The largest absolute Gasteiger partial charge is 0.315 e. The highest BCUT2D eigenvalue weighted by Gasteiger charge is 2.04. The topological polar surface area (TPSA) is 29.3 Å². The molecule has 0 saturated carbocycles. The molecule has 0 spiro atoms. The Morgan fingerprint density at radius 2 is 1.65 bits per heavy atom. The summed E-state index contributed by atoms with van der Waals surface area (Å²) in [5.41, 5.74) is 5.52. The number of rotatable bonds is 4. The lowest BCUT2D eigenvalue weighted by molar-refractivity contribution is 1.07. The number of nitrogens with one attached hydrogen (secondary N) is 1. The zero-order valence-corrected chi connectivity index (χ0v) is 14.1. The Morgan fingerprint density at radius 3 is 2.39 bits per heavy atom. The molecule has 1 N–H and O–H groups in total. The van der Waals surface area contributed by atoms with E-state index in [9.17, 15) is 0 Å². The van der Waals surface area contributed by atoms with Crippen molar-refractivity contribution in [3.05, 3.63) is 81.6 Å². The summed E-state index contributed by atoms with van der Waals surface area (Å²) in [5.74, 6) is 0. The number of hydrazone groups is 1. The lowest BCUT2D eigenvalue weighted by Crippen LogP contribution is -1.99. The highest BCUT2D eigenvalue weighted by Crippen LogP contribution is 2.23. The van der Waals surface area contributed by atoms with E-state index in [0.717, 1.165) is 17.1 Å². The van der Waals surface area contributed by atoms with E-state index in [-0.39, 0.29) is 0 Å². The fourth-order valence-corrected chi connectivity index (χ4v) is 2.85. The third kappa shape index (κ3) is 4.08. The van der Waals surface area contributed by atoms with Crippen LogP contribution in [0.3, 0.4) is 0 Å². The molecule has 0 aliphatic carbocycles. The summed E-state index contributed by atoms with van der Waals surface area (Å²) in [4.78, 5) is 0. The lowest BCUT2D eigenvalue weighted by Gasteiger charge is -2.07. The van der Waals surface area contributed by atoms with Gasteiger partial charge < -0.3 is 4.57 Å². The minimum absolute atomic E-state index is 0.584. The van der Waals surface area contributed by atoms with Crippen molar-refractivity contribution >= 4 is 46.7 Å². The zero-order valence-electron chi connectivity index (χ0n) is 11.9. The lowest BCUT2D eigenvalue weighted by atomic mass is 10.3. The predicted molar refractivity (Wildman–Crippen MR) is 98.5 cm³/mol. The molecule has 0 aliphatic heterocycles. The second kappa shape index (κ2) is 7.09. The molecule has 3 rings (SSSR count). The molecule has 0 amide bonds. The summed E-state index contributed by atoms with van der Waals surface area (Å²) >= 11 is 18.1. The molecule has 1 heterocycles. The third-order valence-electron chi connectivity index (χ3n) is 3.12. The first-order chi connectivity index (χ1) is 11.1. The van der Waals surface area contributed by atoms with Crippen LogP contribution in [-0.2, 0) is 0 Å². The standard InChI is InChI=1S/C17H12Cl3N3/c18-12-3-1-4-15(8-12)22-21-11-16-5-2-6-23(16)17-9-13(19)7-14(20)10-17/h1-11,22H/b21-11+. The van der Waals surface area contributed by atoms with Gasteiger partial charge in [0.15, 0.2) is 0 Å². The van der Waals surface area contributed by atoms with Crippen LogP contribution in [0.4, 0.5) is 5.69 Å². The molecule has 3 aromatic rings. The molecule has 23 heavy (non-hydrogen) atoms. The molecule has 0 atom stereocenters. The van der Waals surface area contributed by atoms with Gasteiger partial charge in [0, 0.05) is 27.0 Å². The second-order valence-corrected chi connectivity index (χ2v) is 6.12. The van der Waals surface area contributed by atoms with Crippen LogP contribution >= 0.6 is 34.8 Å². The van der Waals surface area contributed by atoms with Gasteiger partial charge in [-0.25, -0.2) is 0 Å². The van der Waals surface area contributed by atoms with E-state index in [4.69, 9.17) is 34.8 Å². The Morgan fingerprint density at radius 1 is 0.870 bits per heavy atom. The molecular formula is C17H12Cl3N3. The number of halogens is 3. The third-order valence-corrected chi connectivity index (χ3v) is 3.79. The molecule has 0 aliphatic rings. The molecule has 0 fully saturated rings. The highest BCUT2D eigenvalue weighted by molar-refractivity contribution is 6.34. The number of hydrogen-bond acceptors (Lipinski definition) is 2. The monoisotopic (exact) mass is 363 g/mol. The van der Waals surface area contributed by atoms with Gasteiger partial charge in [-0.05, 0) is 48.5 Å². The fourth-order valence-electron chi connectivity index (χ4n) is 2.14. The van der Waals surface area contributed by atoms with E-state index in [1.54, 1.807) is 18.3 Å². The van der Waals surface area contributed by atoms with Gasteiger partial charge in [-0.1, -0.05) is 40.9 Å². The fraction of sp³-hybridized carbons (Fsp3) is 0. The summed E-state index contributed by atoms with van der Waals surface area (Å²) in [7, 11) is 0. The smallest absolute Gasteiger partial charge is 0.0712 e. The van der Waals surface area contributed by atoms with Gasteiger partial charge in [0.1, 0.15) is 0 Å². The Bertz CT molecular complexity index is 836. The normalized spacial score (nSPS) is 11.1. The van der Waals surface area contributed by atoms with Gasteiger partial charge in [-0.2, -0.15) is 5.10 Å². The Balaban J connectivity index is 1.82. The first-order valence-electron chi connectivity index (χ1n) is 6.80. The first-order valence-corrected chi connectivity index (χ1v) is 7.94. The zero-order chi connectivity index (χ0) is 16.2. The van der Waals surface area contributed by atoms with Crippen molar-refractivity contribution in [1.29, 1.82) is 0 Å². The van der Waals surface area contributed by atoms with Crippen molar-refractivity contribution in [2.45, 2.75) is 0 Å². The molecule has 3 nitrogen and oxygen atoms in total. The number of nitrogens with zero attached hydrogens (tertiary/aromatic N) is 2. The molecule has 0 saturated heterocycles. The second-order valence-electron chi connectivity index (χ2n) is 4.81. The molecule has 2 aromatic carbocycles. The predicted octanol–water partition coefficient (Wildman–Crippen LogP) is 5.88. The maximum absolute atomic E-state index is 6.06. The van der Waals surface area contributed by atoms with Crippen molar-refractivity contribution in [2.24, 2.45) is 5.10 Å². The van der Waals surface area contributed by atoms with Crippen LogP contribution in [0.15, 0.2) is 65.9 Å². The molecular weight excluding hydrogens is 353 g/mol. The van der Waals surface area contributed by atoms with Crippen molar-refractivity contribution in [1.82, 2.24) is 4.57 Å². The van der Waals surface area contributed by atoms with Gasteiger partial charge in [0.05, 0.1) is 17.6 Å². The van der Waals surface area contributed by atoms with Gasteiger partial charge in [0.2, 0.25) is 0 Å². The van der Waals surface area contributed by atoms with Crippen LogP contribution in [0, 0.1) is 0 Å². The summed E-state index contributed by atoms with van der Waals surface area (Å²) in [6.07, 6.45) is 3.64. The van der Waals surface area contributed by atoms with E-state index in [1.807, 2.05) is 53.2 Å². The van der Waals surface area contributed by atoms with Crippen LogP contribution in [0.25, 0.3) is 5.69 Å². The molecule has 0 radical (unpaired) electrons. The van der Waals surface area contributed by atoms with E-state index < -0.39 is 0 Å². The molecule has 6 heteroatoms. The average Bonchev–Trinajstić information content (AvgIpc) is 2.95. The molecule has 116 valence electrons. The van der Waals surface area contributed by atoms with Crippen LogP contribution in [0.5, 0.6) is 0 Å². The van der Waals surface area contributed by atoms with Gasteiger partial charge in [-0.15, -0.1) is 0 Å². The Kier molecular flexibility index (Phi) is 4.91. The summed E-state index contributed by atoms with van der Waals surface area (Å²) in [6, 6.07) is 16.6. The molecule has 1 aromatic heterocycles. The van der Waals surface area contributed by atoms with Crippen LogP contribution in [0.2, 0.25) is 15.1 Å². The molecule has 0 unspecified atom stereocenters.